The molecule has 26 heavy (non-hydrogen) atoms. The molecule has 1 amide bonds. The Balaban J connectivity index is 1.38. The first-order chi connectivity index (χ1) is 12.7. The number of likely N-dealkylation sites (tertiary alicyclic amines) is 1. The Morgan fingerprint density at radius 1 is 1.12 bits per heavy atom. The number of anilines is 1. The highest BCUT2D eigenvalue weighted by atomic mass is 16.4. The van der Waals surface area contributed by atoms with Crippen molar-refractivity contribution in [3.05, 3.63) is 41.8 Å². The molecule has 3 atom stereocenters. The molecular formula is C20H24N4O2. The number of hydrogen-bond acceptors (Lipinski definition) is 5. The third-order valence-corrected chi connectivity index (χ3v) is 6.36. The van der Waals surface area contributed by atoms with E-state index in [2.05, 4.69) is 39.4 Å². The lowest BCUT2D eigenvalue weighted by Gasteiger charge is -2.28. The summed E-state index contributed by atoms with van der Waals surface area (Å²) >= 11 is 0. The van der Waals surface area contributed by atoms with Crippen LogP contribution in [0.3, 0.4) is 0 Å². The second kappa shape index (κ2) is 6.11. The quantitative estimate of drug-likeness (QED) is 0.850. The van der Waals surface area contributed by atoms with Crippen LogP contribution in [0.5, 0.6) is 0 Å². The SMILES string of the molecule is CC(=O)N1C[C@H]2CN(c3nnc(C4CCC4)o3)C[C@H]2[C@@H]1c1ccccc1. The number of hydrogen-bond donors (Lipinski definition) is 0. The molecule has 1 aromatic carbocycles. The maximum atomic E-state index is 12.2. The zero-order valence-corrected chi connectivity index (χ0v) is 15.0. The van der Waals surface area contributed by atoms with Crippen molar-refractivity contribution < 1.29 is 9.21 Å². The molecule has 2 aliphatic heterocycles. The van der Waals surface area contributed by atoms with Gasteiger partial charge in [-0.3, -0.25) is 4.79 Å². The Bertz CT molecular complexity index is 801. The highest BCUT2D eigenvalue weighted by Crippen LogP contribution is 2.46. The monoisotopic (exact) mass is 352 g/mol. The van der Waals surface area contributed by atoms with Gasteiger partial charge < -0.3 is 14.2 Å². The maximum Gasteiger partial charge on any atom is 0.318 e. The van der Waals surface area contributed by atoms with E-state index >= 15 is 0 Å². The van der Waals surface area contributed by atoms with E-state index in [-0.39, 0.29) is 11.9 Å². The summed E-state index contributed by atoms with van der Waals surface area (Å²) in [5, 5.41) is 8.58. The lowest BCUT2D eigenvalue weighted by Crippen LogP contribution is -2.34. The van der Waals surface area contributed by atoms with Crippen LogP contribution in [0.1, 0.15) is 49.6 Å². The fraction of sp³-hybridized carbons (Fsp3) is 0.550. The van der Waals surface area contributed by atoms with Crippen LogP contribution in [0.4, 0.5) is 6.01 Å². The Morgan fingerprint density at radius 3 is 2.62 bits per heavy atom. The van der Waals surface area contributed by atoms with Crippen LogP contribution in [-0.4, -0.2) is 40.6 Å². The van der Waals surface area contributed by atoms with Gasteiger partial charge in [-0.15, -0.1) is 5.10 Å². The number of nitrogens with zero attached hydrogens (tertiary/aromatic N) is 4. The molecule has 2 aromatic rings. The number of rotatable bonds is 3. The van der Waals surface area contributed by atoms with Gasteiger partial charge in [0.1, 0.15) is 0 Å². The van der Waals surface area contributed by atoms with Gasteiger partial charge in [0.15, 0.2) is 0 Å². The van der Waals surface area contributed by atoms with Crippen molar-refractivity contribution in [3.8, 4) is 0 Å². The highest BCUT2D eigenvalue weighted by Gasteiger charge is 2.49. The molecule has 0 N–H and O–H groups in total. The molecule has 3 fully saturated rings. The second-order valence-corrected chi connectivity index (χ2v) is 7.91. The first-order valence-electron chi connectivity index (χ1n) is 9.61. The number of fused-ring (bicyclic) bond motifs is 1. The van der Waals surface area contributed by atoms with Crippen LogP contribution in [0.25, 0.3) is 0 Å². The Morgan fingerprint density at radius 2 is 1.92 bits per heavy atom. The summed E-state index contributed by atoms with van der Waals surface area (Å²) in [6.45, 7) is 4.22. The molecule has 136 valence electrons. The Hall–Kier alpha value is -2.37. The lowest BCUT2D eigenvalue weighted by atomic mass is 9.85. The van der Waals surface area contributed by atoms with E-state index in [9.17, 15) is 4.79 Å². The fourth-order valence-electron chi connectivity index (χ4n) is 4.78. The predicted molar refractivity (Wildman–Crippen MR) is 96.7 cm³/mol. The number of carbonyl (C=O) groups is 1. The minimum absolute atomic E-state index is 0.137. The number of amides is 1. The molecule has 1 aliphatic carbocycles. The van der Waals surface area contributed by atoms with E-state index in [0.29, 0.717) is 23.8 Å². The molecule has 2 saturated heterocycles. The van der Waals surface area contributed by atoms with E-state index in [4.69, 9.17) is 4.42 Å². The van der Waals surface area contributed by atoms with Gasteiger partial charge in [-0.2, -0.15) is 0 Å². The molecule has 6 nitrogen and oxygen atoms in total. The summed E-state index contributed by atoms with van der Waals surface area (Å²) in [7, 11) is 0. The third-order valence-electron chi connectivity index (χ3n) is 6.36. The zero-order valence-electron chi connectivity index (χ0n) is 15.0. The van der Waals surface area contributed by atoms with Gasteiger partial charge in [0, 0.05) is 44.3 Å². The highest BCUT2D eigenvalue weighted by molar-refractivity contribution is 5.74. The summed E-state index contributed by atoms with van der Waals surface area (Å²) in [4.78, 5) is 16.5. The van der Waals surface area contributed by atoms with E-state index in [0.717, 1.165) is 38.4 Å². The van der Waals surface area contributed by atoms with Crippen LogP contribution in [0.2, 0.25) is 0 Å². The summed E-state index contributed by atoms with van der Waals surface area (Å²) in [6, 6.07) is 11.2. The molecule has 0 radical (unpaired) electrons. The molecule has 1 saturated carbocycles. The van der Waals surface area contributed by atoms with Crippen molar-refractivity contribution in [2.45, 2.75) is 38.1 Å². The summed E-state index contributed by atoms with van der Waals surface area (Å²) in [6.07, 6.45) is 3.59. The van der Waals surface area contributed by atoms with Gasteiger partial charge >= 0.3 is 6.01 Å². The minimum Gasteiger partial charge on any atom is -0.408 e. The molecular weight excluding hydrogens is 328 g/mol. The van der Waals surface area contributed by atoms with Crippen LogP contribution < -0.4 is 4.90 Å². The van der Waals surface area contributed by atoms with Crippen molar-refractivity contribution in [2.75, 3.05) is 24.5 Å². The van der Waals surface area contributed by atoms with E-state index in [1.165, 1.54) is 12.0 Å². The van der Waals surface area contributed by atoms with Gasteiger partial charge in [0.2, 0.25) is 11.8 Å². The Labute approximate surface area is 153 Å². The zero-order chi connectivity index (χ0) is 17.7. The standard InChI is InChI=1S/C20H24N4O2/c1-13(25)24-11-16-10-23(20-22-21-19(26-20)15-8-5-9-15)12-17(16)18(24)14-6-3-2-4-7-14/h2-4,6-7,15-18H,5,8-12H2,1H3/t16-,17-,18+/m1/s1. The number of benzene rings is 1. The van der Waals surface area contributed by atoms with Crippen molar-refractivity contribution >= 4 is 11.9 Å². The topological polar surface area (TPSA) is 62.5 Å². The molecule has 3 heterocycles. The number of aromatic nitrogens is 2. The van der Waals surface area contributed by atoms with Crippen LogP contribution in [-0.2, 0) is 4.79 Å². The molecule has 0 spiro atoms. The third kappa shape index (κ3) is 2.50. The van der Waals surface area contributed by atoms with Crippen molar-refractivity contribution in [1.29, 1.82) is 0 Å². The smallest absolute Gasteiger partial charge is 0.318 e. The average molecular weight is 352 g/mol. The average Bonchev–Trinajstić information content (AvgIpc) is 3.27. The van der Waals surface area contributed by atoms with E-state index in [1.807, 2.05) is 11.0 Å². The number of carbonyl (C=O) groups excluding carboxylic acids is 1. The van der Waals surface area contributed by atoms with Crippen molar-refractivity contribution in [3.63, 3.8) is 0 Å². The normalized spacial score (nSPS) is 28.3. The molecule has 5 rings (SSSR count). The van der Waals surface area contributed by atoms with Crippen LogP contribution in [0.15, 0.2) is 34.7 Å². The predicted octanol–water partition coefficient (Wildman–Crippen LogP) is 2.99. The summed E-state index contributed by atoms with van der Waals surface area (Å²) < 4.78 is 5.98. The maximum absolute atomic E-state index is 12.2. The summed E-state index contributed by atoms with van der Waals surface area (Å²) in [5.74, 6) is 2.27. The largest absolute Gasteiger partial charge is 0.408 e. The Kier molecular flexibility index (Phi) is 3.72. The second-order valence-electron chi connectivity index (χ2n) is 7.91. The lowest BCUT2D eigenvalue weighted by molar-refractivity contribution is -0.130. The first-order valence-corrected chi connectivity index (χ1v) is 9.61. The van der Waals surface area contributed by atoms with Gasteiger partial charge in [0.05, 0.1) is 6.04 Å². The van der Waals surface area contributed by atoms with Gasteiger partial charge in [-0.1, -0.05) is 41.9 Å². The molecule has 3 aliphatic rings. The van der Waals surface area contributed by atoms with Gasteiger partial charge in [0.25, 0.3) is 0 Å². The van der Waals surface area contributed by atoms with E-state index < -0.39 is 0 Å². The fourth-order valence-corrected chi connectivity index (χ4v) is 4.78. The molecule has 0 bridgehead atoms. The molecule has 6 heteroatoms. The minimum atomic E-state index is 0.137. The summed E-state index contributed by atoms with van der Waals surface area (Å²) in [5.41, 5.74) is 1.22. The van der Waals surface area contributed by atoms with Crippen LogP contribution in [0, 0.1) is 11.8 Å². The molecule has 0 unspecified atom stereocenters. The van der Waals surface area contributed by atoms with Crippen LogP contribution >= 0.6 is 0 Å². The van der Waals surface area contributed by atoms with Crippen molar-refractivity contribution in [2.24, 2.45) is 11.8 Å². The first kappa shape index (κ1) is 15.9. The van der Waals surface area contributed by atoms with E-state index in [1.54, 1.807) is 6.92 Å². The van der Waals surface area contributed by atoms with Crippen molar-refractivity contribution in [1.82, 2.24) is 15.1 Å². The van der Waals surface area contributed by atoms with Gasteiger partial charge in [-0.05, 0) is 18.4 Å². The molecule has 1 aromatic heterocycles. The van der Waals surface area contributed by atoms with Gasteiger partial charge in [-0.25, -0.2) is 0 Å².